The van der Waals surface area contributed by atoms with Gasteiger partial charge in [0.1, 0.15) is 6.21 Å². The highest BCUT2D eigenvalue weighted by Crippen LogP contribution is 2.08. The lowest BCUT2D eigenvalue weighted by atomic mass is 10.2. The second kappa shape index (κ2) is 5.14. The number of nitrogens with two attached hydrogens (primary N) is 1. The molecule has 0 spiro atoms. The van der Waals surface area contributed by atoms with Crippen molar-refractivity contribution in [1.29, 1.82) is 0 Å². The fourth-order valence-electron chi connectivity index (χ4n) is 1.50. The van der Waals surface area contributed by atoms with E-state index < -0.39 is 0 Å². The summed E-state index contributed by atoms with van der Waals surface area (Å²) in [6.07, 6.45) is 3.78. The molecule has 1 aliphatic heterocycles. The molecule has 2 rings (SSSR count). The van der Waals surface area contributed by atoms with Crippen LogP contribution in [0.15, 0.2) is 34.4 Å². The molecule has 0 amide bonds. The van der Waals surface area contributed by atoms with Gasteiger partial charge in [-0.15, -0.1) is 0 Å². The number of aliphatic imine (C=N–C) groups is 1. The van der Waals surface area contributed by atoms with Crippen molar-refractivity contribution in [3.05, 3.63) is 29.8 Å². The highest BCUT2D eigenvalue weighted by Gasteiger charge is 2.22. The molecule has 0 saturated heterocycles. The summed E-state index contributed by atoms with van der Waals surface area (Å²) in [5, 5.41) is 4.96. The van der Waals surface area contributed by atoms with E-state index in [9.17, 15) is 0 Å². The Balaban J connectivity index is 2.23. The lowest BCUT2D eigenvalue weighted by Gasteiger charge is -1.94. The molecule has 17 heavy (non-hydrogen) atoms. The number of benzene rings is 1. The van der Waals surface area contributed by atoms with Gasteiger partial charge in [0.15, 0.2) is 0 Å². The van der Waals surface area contributed by atoms with Gasteiger partial charge in [0.05, 0.1) is 0 Å². The van der Waals surface area contributed by atoms with Crippen LogP contribution >= 0.6 is 12.6 Å². The molecule has 5 heteroatoms. The van der Waals surface area contributed by atoms with Crippen LogP contribution in [0.4, 0.5) is 5.69 Å². The van der Waals surface area contributed by atoms with Crippen molar-refractivity contribution in [2.75, 3.05) is 5.73 Å². The van der Waals surface area contributed by atoms with Crippen molar-refractivity contribution in [3.8, 4) is 0 Å². The van der Waals surface area contributed by atoms with Crippen LogP contribution in [0.5, 0.6) is 0 Å². The quantitative estimate of drug-likeness (QED) is 0.480. The number of nitrogen functional groups attached to an aromatic ring is 1. The fraction of sp³-hybridized carbons (Fsp3) is 0.250. The zero-order chi connectivity index (χ0) is 12.3. The molecule has 88 valence electrons. The molecule has 2 N–H and O–H groups in total. The van der Waals surface area contributed by atoms with Crippen LogP contribution in [-0.2, 0) is 0 Å². The molecule has 0 aliphatic carbocycles. The molecule has 1 aromatic rings. The maximum atomic E-state index is 5.63. The van der Waals surface area contributed by atoms with Crippen LogP contribution in [-0.4, -0.2) is 21.9 Å². The number of anilines is 1. The third kappa shape index (κ3) is 2.94. The second-order valence-electron chi connectivity index (χ2n) is 3.82. The van der Waals surface area contributed by atoms with E-state index in [4.69, 9.17) is 5.73 Å². The van der Waals surface area contributed by atoms with E-state index in [0.717, 1.165) is 29.9 Å². The lowest BCUT2D eigenvalue weighted by molar-refractivity contribution is -0.396. The first-order chi connectivity index (χ1) is 8.19. The van der Waals surface area contributed by atoms with Gasteiger partial charge in [-0.25, -0.2) is 0 Å². The van der Waals surface area contributed by atoms with Gasteiger partial charge in [-0.2, -0.15) is 0 Å². The van der Waals surface area contributed by atoms with E-state index in [0.29, 0.717) is 5.17 Å². The van der Waals surface area contributed by atoms with Crippen molar-refractivity contribution >= 4 is 35.5 Å². The van der Waals surface area contributed by atoms with Crippen molar-refractivity contribution in [1.82, 2.24) is 0 Å². The molecule has 1 aromatic carbocycles. The average Bonchev–Trinajstić information content (AvgIpc) is 2.63. The lowest BCUT2D eigenvalue weighted by Crippen LogP contribution is -2.07. The van der Waals surface area contributed by atoms with Gasteiger partial charge in [-0.3, -0.25) is 0 Å². The van der Waals surface area contributed by atoms with Gasteiger partial charge >= 0.3 is 5.17 Å². The van der Waals surface area contributed by atoms with Gasteiger partial charge in [0, 0.05) is 17.7 Å². The summed E-state index contributed by atoms with van der Waals surface area (Å²) < 4.78 is 1.68. The van der Waals surface area contributed by atoms with Gasteiger partial charge in [-0.05, 0) is 53.4 Å². The predicted molar refractivity (Wildman–Crippen MR) is 75.0 cm³/mol. The van der Waals surface area contributed by atoms with Gasteiger partial charge < -0.3 is 5.73 Å². The summed E-state index contributed by atoms with van der Waals surface area (Å²) in [5.74, 6) is 0.823. The molecule has 4 nitrogen and oxygen atoms in total. The largest absolute Gasteiger partial charge is 0.399 e. The number of hydrogen-bond acceptors (Lipinski definition) is 3. The maximum Gasteiger partial charge on any atom is 0.383 e. The van der Waals surface area contributed by atoms with E-state index in [-0.39, 0.29) is 0 Å². The molecule has 1 aliphatic rings. The number of thiol groups is 1. The van der Waals surface area contributed by atoms with Crippen LogP contribution in [0.1, 0.15) is 25.3 Å². The fourth-order valence-corrected chi connectivity index (χ4v) is 1.72. The Morgan fingerprint density at radius 3 is 2.71 bits per heavy atom. The predicted octanol–water partition coefficient (Wildman–Crippen LogP) is 2.11. The summed E-state index contributed by atoms with van der Waals surface area (Å²) in [6.45, 7) is 2.10. The number of hydrogen-bond donors (Lipinski definition) is 2. The minimum Gasteiger partial charge on any atom is -0.399 e. The van der Waals surface area contributed by atoms with Crippen LogP contribution in [0, 0.1) is 0 Å². The smallest absolute Gasteiger partial charge is 0.383 e. The van der Waals surface area contributed by atoms with Crippen molar-refractivity contribution in [2.24, 2.45) is 10.1 Å². The summed E-state index contributed by atoms with van der Waals surface area (Å²) in [6, 6.07) is 7.58. The molecule has 0 aromatic heterocycles. The van der Waals surface area contributed by atoms with Gasteiger partial charge in [0.25, 0.3) is 5.84 Å². The third-order valence-corrected chi connectivity index (χ3v) is 2.64. The van der Waals surface area contributed by atoms with E-state index in [1.54, 1.807) is 4.68 Å². The van der Waals surface area contributed by atoms with E-state index in [1.165, 1.54) is 0 Å². The third-order valence-electron chi connectivity index (χ3n) is 2.34. The molecule has 0 saturated carbocycles. The molecule has 0 fully saturated rings. The Hall–Kier alpha value is -1.62. The first-order valence-corrected chi connectivity index (χ1v) is 5.98. The number of amidine groups is 2. The van der Waals surface area contributed by atoms with Gasteiger partial charge in [-0.1, -0.05) is 11.6 Å². The highest BCUT2D eigenvalue weighted by molar-refractivity contribution is 7.96. The highest BCUT2D eigenvalue weighted by atomic mass is 32.1. The molecular formula is C12H15N4S+. The molecule has 0 radical (unpaired) electrons. The number of hydrazone groups is 1. The minimum absolute atomic E-state index is 0.602. The first-order valence-electron chi connectivity index (χ1n) is 5.54. The zero-order valence-electron chi connectivity index (χ0n) is 9.67. The molecular weight excluding hydrogens is 232 g/mol. The van der Waals surface area contributed by atoms with Crippen molar-refractivity contribution < 1.29 is 4.68 Å². The van der Waals surface area contributed by atoms with E-state index >= 15 is 0 Å². The summed E-state index contributed by atoms with van der Waals surface area (Å²) in [4.78, 5) is 4.27. The SMILES string of the molecule is CCCC1=N[N+](=Cc2ccc(N)cc2)C(S)=N1. The Kier molecular flexibility index (Phi) is 3.58. The van der Waals surface area contributed by atoms with E-state index in [1.807, 2.05) is 30.5 Å². The van der Waals surface area contributed by atoms with Crippen molar-refractivity contribution in [3.63, 3.8) is 0 Å². The molecule has 0 atom stereocenters. The number of nitrogens with zero attached hydrogens (tertiary/aromatic N) is 3. The average molecular weight is 247 g/mol. The Bertz CT molecular complexity index is 500. The van der Waals surface area contributed by atoms with Crippen molar-refractivity contribution in [2.45, 2.75) is 19.8 Å². The monoisotopic (exact) mass is 247 g/mol. The summed E-state index contributed by atoms with van der Waals surface area (Å²) in [7, 11) is 0. The number of rotatable bonds is 3. The summed E-state index contributed by atoms with van der Waals surface area (Å²) >= 11 is 4.30. The van der Waals surface area contributed by atoms with E-state index in [2.05, 4.69) is 29.6 Å². The topological polar surface area (TPSA) is 53.8 Å². The molecule has 1 heterocycles. The maximum absolute atomic E-state index is 5.63. The van der Waals surface area contributed by atoms with Crippen LogP contribution in [0.25, 0.3) is 0 Å². The molecule has 0 unspecified atom stereocenters. The van der Waals surface area contributed by atoms with Crippen LogP contribution in [0.2, 0.25) is 0 Å². The summed E-state index contributed by atoms with van der Waals surface area (Å²) in [5.41, 5.74) is 7.39. The normalized spacial score (nSPS) is 17.2. The molecule has 0 bridgehead atoms. The minimum atomic E-state index is 0.602. The Morgan fingerprint density at radius 2 is 2.06 bits per heavy atom. The second-order valence-corrected chi connectivity index (χ2v) is 4.22. The van der Waals surface area contributed by atoms with Gasteiger partial charge in [0.2, 0.25) is 0 Å². The van der Waals surface area contributed by atoms with Crippen LogP contribution in [0.3, 0.4) is 0 Å². The van der Waals surface area contributed by atoms with Crippen LogP contribution < -0.4 is 5.73 Å². The Labute approximate surface area is 106 Å². The Morgan fingerprint density at radius 1 is 1.35 bits per heavy atom. The zero-order valence-corrected chi connectivity index (χ0v) is 10.6. The standard InChI is InChI=1S/C12H14N4S/c1-2-3-11-14-12(17)16(15-11)8-9-4-6-10(13)7-5-9/h4-8,13H,2-3H2,1H3,(H,14,15,17)/p+1. The first kappa shape index (κ1) is 11.9.